The van der Waals surface area contributed by atoms with Gasteiger partial charge in [-0.25, -0.2) is 4.98 Å². The summed E-state index contributed by atoms with van der Waals surface area (Å²) in [7, 11) is 0. The molecule has 0 aromatic carbocycles. The second-order valence-corrected chi connectivity index (χ2v) is 7.73. The Kier molecular flexibility index (Phi) is 4.18. The third-order valence-electron chi connectivity index (χ3n) is 4.08. The van der Waals surface area contributed by atoms with Gasteiger partial charge in [-0.05, 0) is 36.1 Å². The number of rotatable bonds is 3. The Labute approximate surface area is 157 Å². The van der Waals surface area contributed by atoms with Crippen LogP contribution in [0.25, 0.3) is 31.4 Å². The van der Waals surface area contributed by atoms with Gasteiger partial charge < -0.3 is 9.47 Å². The van der Waals surface area contributed by atoms with E-state index in [0.717, 1.165) is 43.5 Å². The Morgan fingerprint density at radius 3 is 2.81 bits per heavy atom. The fourth-order valence-corrected chi connectivity index (χ4v) is 4.48. The zero-order valence-electron chi connectivity index (χ0n) is 13.7. The molecule has 4 aromatic rings. The van der Waals surface area contributed by atoms with Crippen LogP contribution in [0.3, 0.4) is 0 Å². The average Bonchev–Trinajstić information content (AvgIpc) is 3.38. The topological polar surface area (TPSA) is 70.0 Å². The van der Waals surface area contributed by atoms with Gasteiger partial charge in [0.1, 0.15) is 16.4 Å². The third-order valence-corrected chi connectivity index (χ3v) is 5.94. The van der Waals surface area contributed by atoms with Crippen molar-refractivity contribution in [2.75, 3.05) is 13.2 Å². The normalized spacial score (nSPS) is 15.5. The molecule has 1 saturated heterocycles. The quantitative estimate of drug-likeness (QED) is 0.526. The highest BCUT2D eigenvalue weighted by Crippen LogP contribution is 2.36. The minimum absolute atomic E-state index is 0.425. The van der Waals surface area contributed by atoms with Crippen molar-refractivity contribution in [3.63, 3.8) is 0 Å². The molecule has 0 spiro atoms. The van der Waals surface area contributed by atoms with Crippen LogP contribution < -0.4 is 0 Å². The van der Waals surface area contributed by atoms with Crippen LogP contribution in [0.2, 0.25) is 0 Å². The van der Waals surface area contributed by atoms with Gasteiger partial charge >= 0.3 is 0 Å². The van der Waals surface area contributed by atoms with E-state index in [2.05, 4.69) is 32.7 Å². The summed E-state index contributed by atoms with van der Waals surface area (Å²) in [6, 6.07) is 7.99. The number of aromatic nitrogens is 4. The number of pyridine rings is 2. The smallest absolute Gasteiger partial charge is 0.201 e. The molecular formula is C18H14N4O2S2. The van der Waals surface area contributed by atoms with Crippen molar-refractivity contribution in [2.24, 2.45) is 0 Å². The van der Waals surface area contributed by atoms with Gasteiger partial charge in [-0.1, -0.05) is 11.3 Å². The van der Waals surface area contributed by atoms with Crippen LogP contribution in [0.5, 0.6) is 0 Å². The molecule has 1 fully saturated rings. The van der Waals surface area contributed by atoms with Gasteiger partial charge in [-0.15, -0.1) is 21.5 Å². The molecule has 1 aliphatic rings. The van der Waals surface area contributed by atoms with E-state index < -0.39 is 6.29 Å². The highest BCUT2D eigenvalue weighted by atomic mass is 32.1. The van der Waals surface area contributed by atoms with Crippen LogP contribution in [0, 0.1) is 0 Å². The summed E-state index contributed by atoms with van der Waals surface area (Å²) in [4.78, 5) is 8.97. The molecule has 5 rings (SSSR count). The van der Waals surface area contributed by atoms with Crippen molar-refractivity contribution in [3.8, 4) is 21.3 Å². The molecule has 5 heterocycles. The Balaban J connectivity index is 1.58. The molecule has 6 nitrogen and oxygen atoms in total. The lowest BCUT2D eigenvalue weighted by Gasteiger charge is -2.23. The van der Waals surface area contributed by atoms with E-state index in [4.69, 9.17) is 14.5 Å². The maximum Gasteiger partial charge on any atom is 0.201 e. The summed E-state index contributed by atoms with van der Waals surface area (Å²) in [5.41, 5.74) is 2.56. The summed E-state index contributed by atoms with van der Waals surface area (Å²) in [6.07, 6.45) is 4.02. The number of thiophene rings is 1. The van der Waals surface area contributed by atoms with E-state index in [0.29, 0.717) is 13.2 Å². The van der Waals surface area contributed by atoms with Crippen LogP contribution in [-0.4, -0.2) is 33.4 Å². The zero-order valence-corrected chi connectivity index (χ0v) is 15.3. The average molecular weight is 382 g/mol. The third kappa shape index (κ3) is 2.90. The molecule has 1 aliphatic heterocycles. The molecule has 130 valence electrons. The van der Waals surface area contributed by atoms with E-state index in [9.17, 15) is 0 Å². The van der Waals surface area contributed by atoms with Gasteiger partial charge in [0.05, 0.1) is 13.2 Å². The van der Waals surface area contributed by atoms with Crippen molar-refractivity contribution < 1.29 is 9.47 Å². The van der Waals surface area contributed by atoms with Gasteiger partial charge in [0.25, 0.3) is 0 Å². The Morgan fingerprint density at radius 1 is 1.08 bits per heavy atom. The molecule has 26 heavy (non-hydrogen) atoms. The largest absolute Gasteiger partial charge is 0.347 e. The monoisotopic (exact) mass is 382 g/mol. The molecule has 0 amide bonds. The van der Waals surface area contributed by atoms with Crippen molar-refractivity contribution in [1.29, 1.82) is 0 Å². The Bertz CT molecular complexity index is 1040. The van der Waals surface area contributed by atoms with Gasteiger partial charge in [-0.2, -0.15) is 0 Å². The van der Waals surface area contributed by atoms with Crippen LogP contribution >= 0.6 is 22.7 Å². The van der Waals surface area contributed by atoms with E-state index in [-0.39, 0.29) is 0 Å². The summed E-state index contributed by atoms with van der Waals surface area (Å²) in [5, 5.41) is 13.4. The van der Waals surface area contributed by atoms with Crippen LogP contribution in [0.1, 0.15) is 18.4 Å². The second kappa shape index (κ2) is 6.81. The van der Waals surface area contributed by atoms with Crippen LogP contribution in [-0.2, 0) is 9.47 Å². The number of ether oxygens (including phenoxy) is 2. The summed E-state index contributed by atoms with van der Waals surface area (Å²) < 4.78 is 12.7. The molecule has 0 bridgehead atoms. The van der Waals surface area contributed by atoms with Gasteiger partial charge in [-0.3, -0.25) is 4.98 Å². The lowest BCUT2D eigenvalue weighted by atomic mass is 10.2. The highest BCUT2D eigenvalue weighted by molar-refractivity contribution is 7.18. The first-order valence-corrected chi connectivity index (χ1v) is 9.94. The maximum atomic E-state index is 5.79. The van der Waals surface area contributed by atoms with E-state index in [1.807, 2.05) is 12.1 Å². The molecule has 8 heteroatoms. The first-order valence-electron chi connectivity index (χ1n) is 8.24. The Morgan fingerprint density at radius 2 is 1.96 bits per heavy atom. The Hall–Kier alpha value is -2.26. The molecule has 0 N–H and O–H groups in total. The molecule has 0 aliphatic carbocycles. The van der Waals surface area contributed by atoms with Gasteiger partial charge in [0, 0.05) is 28.0 Å². The predicted octanol–water partition coefficient (Wildman–Crippen LogP) is 4.31. The zero-order chi connectivity index (χ0) is 17.3. The van der Waals surface area contributed by atoms with E-state index in [1.54, 1.807) is 23.7 Å². The van der Waals surface area contributed by atoms with E-state index in [1.165, 1.54) is 11.3 Å². The van der Waals surface area contributed by atoms with E-state index >= 15 is 0 Å². The molecule has 0 radical (unpaired) electrons. The van der Waals surface area contributed by atoms with Crippen molar-refractivity contribution in [3.05, 3.63) is 47.7 Å². The first-order chi connectivity index (χ1) is 12.9. The number of hydrogen-bond donors (Lipinski definition) is 0. The number of fused-ring (bicyclic) bond motifs is 1. The number of nitrogens with zero attached hydrogens (tertiary/aromatic N) is 4. The van der Waals surface area contributed by atoms with Crippen LogP contribution in [0.4, 0.5) is 0 Å². The highest BCUT2D eigenvalue weighted by Gasteiger charge is 2.23. The predicted molar refractivity (Wildman–Crippen MR) is 101 cm³/mol. The second-order valence-electron chi connectivity index (χ2n) is 5.81. The lowest BCUT2D eigenvalue weighted by molar-refractivity contribution is -0.184. The molecule has 0 atom stereocenters. The molecule has 4 aromatic heterocycles. The number of hydrogen-bond acceptors (Lipinski definition) is 8. The van der Waals surface area contributed by atoms with Gasteiger partial charge in [0.15, 0.2) is 5.01 Å². The summed E-state index contributed by atoms with van der Waals surface area (Å²) >= 11 is 3.18. The fraction of sp³-hybridized carbons (Fsp3) is 0.222. The SMILES string of the molecule is c1cncc(-c2nnc(-c3cc4sccc4c(C4OCCCO4)n3)s2)c1. The van der Waals surface area contributed by atoms with Crippen molar-refractivity contribution in [2.45, 2.75) is 12.7 Å². The van der Waals surface area contributed by atoms with Crippen LogP contribution in [0.15, 0.2) is 42.0 Å². The lowest BCUT2D eigenvalue weighted by Crippen LogP contribution is -2.19. The van der Waals surface area contributed by atoms with Gasteiger partial charge in [0.2, 0.25) is 6.29 Å². The minimum Gasteiger partial charge on any atom is -0.347 e. The molecule has 0 saturated carbocycles. The first kappa shape index (κ1) is 16.0. The fourth-order valence-electron chi connectivity index (χ4n) is 2.86. The summed E-state index contributed by atoms with van der Waals surface area (Å²) in [5.74, 6) is 0. The molecule has 0 unspecified atom stereocenters. The van der Waals surface area contributed by atoms with Crippen molar-refractivity contribution >= 4 is 32.8 Å². The molecular weight excluding hydrogens is 368 g/mol. The maximum absolute atomic E-state index is 5.79. The standard InChI is InChI=1S/C18H14N4O2S2/c1-3-11(10-19-5-1)16-21-22-17(26-16)13-9-14-12(4-8-25-14)15(20-13)18-23-6-2-7-24-18/h1,3-5,8-10,18H,2,6-7H2. The minimum atomic E-state index is -0.425. The summed E-state index contributed by atoms with van der Waals surface area (Å²) in [6.45, 7) is 1.37. The van der Waals surface area contributed by atoms with Crippen molar-refractivity contribution in [1.82, 2.24) is 20.2 Å².